The molecule has 0 aliphatic carbocycles. The summed E-state index contributed by atoms with van der Waals surface area (Å²) in [6.07, 6.45) is 0.905. The van der Waals surface area contributed by atoms with Gasteiger partial charge in [-0.1, -0.05) is 71.5 Å². The molecular weight excluding hydrogens is 532 g/mol. The molecule has 4 aromatic rings. The number of amides is 2. The van der Waals surface area contributed by atoms with Crippen LogP contribution in [-0.2, 0) is 24.1 Å². The van der Waals surface area contributed by atoms with Crippen molar-refractivity contribution < 1.29 is 14.3 Å². The fraction of sp³-hybridized carbons (Fsp3) is 0.267. The van der Waals surface area contributed by atoms with Crippen molar-refractivity contribution in [1.82, 2.24) is 15.1 Å². The zero-order valence-corrected chi connectivity index (χ0v) is 23.6. The Hall–Kier alpha value is -3.75. The van der Waals surface area contributed by atoms with Crippen LogP contribution in [0.5, 0.6) is 0 Å². The average molecular weight is 561 g/mol. The Bertz CT molecular complexity index is 1530. The summed E-state index contributed by atoms with van der Waals surface area (Å²) in [6.45, 7) is 6.57. The molecule has 2 amide bonds. The van der Waals surface area contributed by atoms with Crippen LogP contribution in [0.4, 0.5) is 9.93 Å². The van der Waals surface area contributed by atoms with Crippen LogP contribution in [0.2, 0.25) is 5.02 Å². The molecule has 0 saturated heterocycles. The number of hydrogen-bond acceptors (Lipinski definition) is 6. The largest absolute Gasteiger partial charge is 0.444 e. The van der Waals surface area contributed by atoms with Gasteiger partial charge in [-0.2, -0.15) is 0 Å². The second kappa shape index (κ2) is 11.2. The van der Waals surface area contributed by atoms with Gasteiger partial charge in [-0.25, -0.2) is 4.79 Å². The van der Waals surface area contributed by atoms with Crippen molar-refractivity contribution >= 4 is 40.1 Å². The quantitative estimate of drug-likeness (QED) is 0.284. The maximum absolute atomic E-state index is 13.0. The maximum Gasteiger partial charge on any atom is 0.410 e. The Labute approximate surface area is 236 Å². The lowest BCUT2D eigenvalue weighted by Gasteiger charge is -2.31. The Balaban J connectivity index is 1.25. The summed E-state index contributed by atoms with van der Waals surface area (Å²) in [5.41, 5.74) is 5.16. The van der Waals surface area contributed by atoms with Gasteiger partial charge in [0.25, 0.3) is 5.91 Å². The van der Waals surface area contributed by atoms with E-state index in [9.17, 15) is 9.59 Å². The van der Waals surface area contributed by atoms with Gasteiger partial charge in [-0.3, -0.25) is 10.1 Å². The third kappa shape index (κ3) is 6.46. The van der Waals surface area contributed by atoms with Crippen LogP contribution in [0.15, 0.2) is 66.7 Å². The van der Waals surface area contributed by atoms with Crippen LogP contribution in [0.25, 0.3) is 11.1 Å². The zero-order valence-electron chi connectivity index (χ0n) is 22.0. The Morgan fingerprint density at radius 2 is 1.74 bits per heavy atom. The summed E-state index contributed by atoms with van der Waals surface area (Å²) in [4.78, 5) is 27.1. The predicted octanol–water partition coefficient (Wildman–Crippen LogP) is 6.99. The minimum Gasteiger partial charge on any atom is -0.444 e. The van der Waals surface area contributed by atoms with Gasteiger partial charge in [0.2, 0.25) is 5.13 Å². The maximum atomic E-state index is 13.0. The first-order valence-corrected chi connectivity index (χ1v) is 13.9. The van der Waals surface area contributed by atoms with Gasteiger partial charge in [0.05, 0.1) is 0 Å². The van der Waals surface area contributed by atoms with E-state index in [4.69, 9.17) is 16.3 Å². The number of ether oxygens (including phenoxy) is 1. The zero-order chi connectivity index (χ0) is 27.6. The molecule has 5 rings (SSSR count). The van der Waals surface area contributed by atoms with Gasteiger partial charge in [-0.05, 0) is 67.6 Å². The van der Waals surface area contributed by atoms with Crippen LogP contribution < -0.4 is 5.32 Å². The van der Waals surface area contributed by atoms with Crippen LogP contribution in [-0.4, -0.2) is 39.2 Å². The number of anilines is 1. The van der Waals surface area contributed by atoms with Gasteiger partial charge in [0.1, 0.15) is 10.6 Å². The average Bonchev–Trinajstić information content (AvgIpc) is 3.34. The fourth-order valence-corrected chi connectivity index (χ4v) is 5.50. The summed E-state index contributed by atoms with van der Waals surface area (Å²) in [5, 5.41) is 13.3. The summed E-state index contributed by atoms with van der Waals surface area (Å²) in [7, 11) is 0. The molecule has 1 aliphatic heterocycles. The Kier molecular flexibility index (Phi) is 7.68. The molecule has 39 heavy (non-hydrogen) atoms. The van der Waals surface area contributed by atoms with Crippen molar-refractivity contribution in [1.29, 1.82) is 0 Å². The molecule has 200 valence electrons. The number of hydrogen-bond donors (Lipinski definition) is 1. The van der Waals surface area contributed by atoms with Crippen LogP contribution in [0.1, 0.15) is 52.8 Å². The molecule has 0 radical (unpaired) electrons. The topological polar surface area (TPSA) is 84.4 Å². The number of aromatic nitrogens is 2. The number of nitrogens with zero attached hydrogens (tertiary/aromatic N) is 3. The molecule has 1 N–H and O–H groups in total. The van der Waals surface area contributed by atoms with Gasteiger partial charge < -0.3 is 9.64 Å². The van der Waals surface area contributed by atoms with Gasteiger partial charge >= 0.3 is 6.09 Å². The normalized spacial score (nSPS) is 13.1. The lowest BCUT2D eigenvalue weighted by atomic mass is 9.97. The van der Waals surface area contributed by atoms with Crippen LogP contribution in [0.3, 0.4) is 0 Å². The van der Waals surface area contributed by atoms with Crippen molar-refractivity contribution in [3.63, 3.8) is 0 Å². The Morgan fingerprint density at radius 1 is 1.00 bits per heavy atom. The first-order chi connectivity index (χ1) is 18.7. The van der Waals surface area contributed by atoms with E-state index in [1.165, 1.54) is 11.3 Å². The van der Waals surface area contributed by atoms with Crippen molar-refractivity contribution in [3.8, 4) is 11.1 Å². The first kappa shape index (κ1) is 26.8. The number of nitrogens with one attached hydrogen (secondary N) is 1. The highest BCUT2D eigenvalue weighted by atomic mass is 35.5. The van der Waals surface area contributed by atoms with Crippen LogP contribution >= 0.6 is 22.9 Å². The molecule has 0 spiro atoms. The molecule has 3 aromatic carbocycles. The number of halogens is 1. The predicted molar refractivity (Wildman–Crippen MR) is 154 cm³/mol. The van der Waals surface area contributed by atoms with E-state index in [1.54, 1.807) is 11.0 Å². The number of carbonyl (C=O) groups is 2. The molecule has 2 heterocycles. The molecule has 1 aromatic heterocycles. The van der Waals surface area contributed by atoms with Gasteiger partial charge in [-0.15, -0.1) is 10.2 Å². The monoisotopic (exact) mass is 560 g/mol. The van der Waals surface area contributed by atoms with Crippen molar-refractivity contribution in [2.45, 2.75) is 45.8 Å². The highest BCUT2D eigenvalue weighted by Crippen LogP contribution is 2.32. The minimum absolute atomic E-state index is 0.244. The highest BCUT2D eigenvalue weighted by molar-refractivity contribution is 7.15. The lowest BCUT2D eigenvalue weighted by Crippen LogP contribution is -2.39. The lowest BCUT2D eigenvalue weighted by molar-refractivity contribution is 0.0224. The van der Waals surface area contributed by atoms with E-state index in [1.807, 2.05) is 75.4 Å². The third-order valence-electron chi connectivity index (χ3n) is 6.34. The second-order valence-corrected chi connectivity index (χ2v) is 11.9. The first-order valence-electron chi connectivity index (χ1n) is 12.7. The standard InChI is InChI=1S/C30H29ClN4O3S/c1-30(2,3)38-29(37)35-15-14-19-16-21(12-13-22(19)18-35)27(36)32-28-34-33-26(39-28)17-20-8-4-5-9-23(20)24-10-6-7-11-25(24)31/h4-13,16H,14-15,17-18H2,1-3H3,(H,32,34,36). The van der Waals surface area contributed by atoms with Crippen molar-refractivity contribution in [2.24, 2.45) is 0 Å². The van der Waals surface area contributed by atoms with E-state index in [0.29, 0.717) is 41.6 Å². The molecule has 0 saturated carbocycles. The number of carbonyl (C=O) groups excluding carboxylic acids is 2. The fourth-order valence-electron chi connectivity index (χ4n) is 4.50. The van der Waals surface area contributed by atoms with Gasteiger partial charge in [0.15, 0.2) is 0 Å². The summed E-state index contributed by atoms with van der Waals surface area (Å²) >= 11 is 7.80. The Morgan fingerprint density at radius 3 is 2.51 bits per heavy atom. The van der Waals surface area contributed by atoms with Crippen molar-refractivity contribution in [2.75, 3.05) is 11.9 Å². The summed E-state index contributed by atoms with van der Waals surface area (Å²) < 4.78 is 5.50. The number of fused-ring (bicyclic) bond motifs is 1. The molecule has 0 atom stereocenters. The molecule has 0 unspecified atom stereocenters. The molecule has 9 heteroatoms. The molecule has 7 nitrogen and oxygen atoms in total. The third-order valence-corrected chi connectivity index (χ3v) is 7.51. The SMILES string of the molecule is CC(C)(C)OC(=O)N1CCc2cc(C(=O)Nc3nnc(Cc4ccccc4-c4ccccc4Cl)s3)ccc2C1. The van der Waals surface area contributed by atoms with Crippen molar-refractivity contribution in [3.05, 3.63) is 99.0 Å². The minimum atomic E-state index is -0.539. The van der Waals surface area contributed by atoms with Gasteiger partial charge in [0, 0.05) is 35.7 Å². The molecule has 0 bridgehead atoms. The van der Waals surface area contributed by atoms with E-state index < -0.39 is 5.60 Å². The molecule has 1 aliphatic rings. The van der Waals surface area contributed by atoms with E-state index >= 15 is 0 Å². The molecular formula is C30H29ClN4O3S. The van der Waals surface area contributed by atoms with E-state index in [0.717, 1.165) is 32.8 Å². The number of rotatable bonds is 5. The van der Waals surface area contributed by atoms with E-state index in [2.05, 4.69) is 21.6 Å². The highest BCUT2D eigenvalue weighted by Gasteiger charge is 2.26. The van der Waals surface area contributed by atoms with Crippen LogP contribution in [0, 0.1) is 0 Å². The number of benzene rings is 3. The van der Waals surface area contributed by atoms with E-state index in [-0.39, 0.29) is 12.0 Å². The second-order valence-electron chi connectivity index (χ2n) is 10.4. The summed E-state index contributed by atoms with van der Waals surface area (Å²) in [5.74, 6) is -0.244. The molecule has 0 fully saturated rings. The smallest absolute Gasteiger partial charge is 0.410 e. The summed E-state index contributed by atoms with van der Waals surface area (Å²) in [6, 6.07) is 21.4.